The smallest absolute Gasteiger partial charge is 0.336 e. The largest absolute Gasteiger partial charge is 0.479 e. The van der Waals surface area contributed by atoms with Gasteiger partial charge in [0.2, 0.25) is 5.91 Å². The third kappa shape index (κ3) is 6.15. The monoisotopic (exact) mass is 362 g/mol. The molecule has 3 N–H and O–H groups in total. The van der Waals surface area contributed by atoms with Crippen LogP contribution in [0.15, 0.2) is 30.3 Å². The minimum atomic E-state index is -1.17. The number of rotatable bonds is 10. The summed E-state index contributed by atoms with van der Waals surface area (Å²) in [4.78, 5) is 35.4. The molecule has 0 bridgehead atoms. The summed E-state index contributed by atoms with van der Waals surface area (Å²) in [6.07, 6.45) is -0.243. The summed E-state index contributed by atoms with van der Waals surface area (Å²) in [6, 6.07) is 8.94. The van der Waals surface area contributed by atoms with E-state index in [1.54, 1.807) is 0 Å². The summed E-state index contributed by atoms with van der Waals surface area (Å²) in [7, 11) is 0. The number of aryl methyl sites for hydroxylation is 1. The summed E-state index contributed by atoms with van der Waals surface area (Å²) in [5.74, 6) is -1.53. The molecule has 1 saturated heterocycles. The molecular formula is C19H26N2O5. The van der Waals surface area contributed by atoms with Crippen LogP contribution in [0.3, 0.4) is 0 Å². The zero-order valence-electron chi connectivity index (χ0n) is 15.1. The molecule has 1 aromatic carbocycles. The molecule has 1 heterocycles. The molecule has 26 heavy (non-hydrogen) atoms. The van der Waals surface area contributed by atoms with Gasteiger partial charge in [0.1, 0.15) is 6.04 Å². The van der Waals surface area contributed by atoms with Crippen molar-refractivity contribution in [2.45, 2.75) is 51.4 Å². The fraction of sp³-hybridized carbons (Fsp3) is 0.526. The molecule has 1 aliphatic heterocycles. The van der Waals surface area contributed by atoms with Crippen LogP contribution in [0.25, 0.3) is 0 Å². The van der Waals surface area contributed by atoms with Crippen molar-refractivity contribution in [3.8, 4) is 0 Å². The van der Waals surface area contributed by atoms with Gasteiger partial charge in [0.15, 0.2) is 12.2 Å². The van der Waals surface area contributed by atoms with Gasteiger partial charge in [-0.3, -0.25) is 9.59 Å². The van der Waals surface area contributed by atoms with E-state index in [4.69, 9.17) is 9.84 Å². The van der Waals surface area contributed by atoms with Crippen molar-refractivity contribution < 1.29 is 24.2 Å². The molecule has 0 spiro atoms. The van der Waals surface area contributed by atoms with Crippen LogP contribution in [0.4, 0.5) is 0 Å². The van der Waals surface area contributed by atoms with E-state index >= 15 is 0 Å². The highest BCUT2D eigenvalue weighted by Crippen LogP contribution is 2.22. The molecule has 1 aromatic rings. The maximum absolute atomic E-state index is 12.5. The van der Waals surface area contributed by atoms with Crippen molar-refractivity contribution in [3.05, 3.63) is 35.9 Å². The van der Waals surface area contributed by atoms with Crippen LogP contribution in [-0.4, -0.2) is 47.7 Å². The number of aliphatic carboxylic acids is 1. The molecular weight excluding hydrogens is 336 g/mol. The van der Waals surface area contributed by atoms with Gasteiger partial charge in [-0.2, -0.15) is 0 Å². The molecule has 7 heteroatoms. The topological polar surface area (TPSA) is 108 Å². The van der Waals surface area contributed by atoms with E-state index in [-0.39, 0.29) is 5.91 Å². The summed E-state index contributed by atoms with van der Waals surface area (Å²) in [5.41, 5.74) is 1.06. The summed E-state index contributed by atoms with van der Waals surface area (Å²) >= 11 is 0. The Kier molecular flexibility index (Phi) is 7.15. The van der Waals surface area contributed by atoms with Crippen LogP contribution in [0.1, 0.15) is 32.3 Å². The summed E-state index contributed by atoms with van der Waals surface area (Å²) in [6.45, 7) is 4.67. The highest BCUT2D eigenvalue weighted by atomic mass is 16.6. The first-order chi connectivity index (χ1) is 12.4. The molecule has 0 unspecified atom stereocenters. The van der Waals surface area contributed by atoms with E-state index in [9.17, 15) is 14.4 Å². The van der Waals surface area contributed by atoms with Gasteiger partial charge in [-0.15, -0.1) is 0 Å². The van der Waals surface area contributed by atoms with Gasteiger partial charge in [0.25, 0.3) is 5.91 Å². The van der Waals surface area contributed by atoms with E-state index in [0.717, 1.165) is 12.0 Å². The second kappa shape index (κ2) is 9.33. The van der Waals surface area contributed by atoms with Gasteiger partial charge < -0.3 is 20.5 Å². The Morgan fingerprint density at radius 3 is 2.38 bits per heavy atom. The number of benzene rings is 1. The number of carbonyl (C=O) groups excluding carboxylic acids is 2. The first kappa shape index (κ1) is 19.9. The number of nitrogens with one attached hydrogen (secondary N) is 2. The molecule has 2 rings (SSSR count). The predicted octanol–water partition coefficient (Wildman–Crippen LogP) is 1.12. The molecule has 0 radical (unpaired) electrons. The lowest BCUT2D eigenvalue weighted by Gasteiger charge is -2.18. The number of carboxylic acid groups (broad SMARTS) is 1. The van der Waals surface area contributed by atoms with Crippen LogP contribution in [0, 0.1) is 5.92 Å². The quantitative estimate of drug-likeness (QED) is 0.541. The van der Waals surface area contributed by atoms with E-state index in [0.29, 0.717) is 25.3 Å². The second-order valence-electron chi connectivity index (χ2n) is 6.87. The number of epoxide rings is 1. The van der Waals surface area contributed by atoms with Gasteiger partial charge in [0.05, 0.1) is 0 Å². The molecule has 142 valence electrons. The molecule has 0 aliphatic carbocycles. The second-order valence-corrected chi connectivity index (χ2v) is 6.87. The van der Waals surface area contributed by atoms with Crippen LogP contribution >= 0.6 is 0 Å². The Morgan fingerprint density at radius 2 is 1.81 bits per heavy atom. The lowest BCUT2D eigenvalue weighted by molar-refractivity contribution is -0.138. The van der Waals surface area contributed by atoms with Crippen molar-refractivity contribution in [2.24, 2.45) is 5.92 Å². The van der Waals surface area contributed by atoms with Crippen LogP contribution in [0.5, 0.6) is 0 Å². The molecule has 7 nitrogen and oxygen atoms in total. The molecule has 1 fully saturated rings. The highest BCUT2D eigenvalue weighted by molar-refractivity contribution is 5.95. The molecule has 0 aromatic heterocycles. The van der Waals surface area contributed by atoms with Gasteiger partial charge in [0, 0.05) is 6.54 Å². The standard InChI is InChI=1S/C19H26N2O5/c1-12(2)10-11-20-17(22)14(9-8-13-6-4-3-5-7-13)21-18(23)15-16(26-15)19(24)25/h3-7,12,14-16H,8-11H2,1-2H3,(H,20,22)(H,21,23)(H,24,25)/t14-,15+,16+/m1/s1. The van der Waals surface area contributed by atoms with Crippen molar-refractivity contribution >= 4 is 17.8 Å². The number of ether oxygens (including phenoxy) is 1. The maximum Gasteiger partial charge on any atom is 0.336 e. The molecule has 2 amide bonds. The van der Waals surface area contributed by atoms with Crippen molar-refractivity contribution in [1.82, 2.24) is 10.6 Å². The normalized spacial score (nSPS) is 19.7. The first-order valence-electron chi connectivity index (χ1n) is 8.88. The zero-order chi connectivity index (χ0) is 19.1. The fourth-order valence-corrected chi connectivity index (χ4v) is 2.59. The SMILES string of the molecule is CC(C)CCNC(=O)[C@@H](CCc1ccccc1)NC(=O)[C@H]1O[C@@H]1C(=O)O. The van der Waals surface area contributed by atoms with Gasteiger partial charge in [-0.1, -0.05) is 44.2 Å². The average molecular weight is 362 g/mol. The number of hydrogen-bond donors (Lipinski definition) is 3. The van der Waals surface area contributed by atoms with E-state index < -0.39 is 30.1 Å². The van der Waals surface area contributed by atoms with E-state index in [1.165, 1.54) is 0 Å². The Bertz CT molecular complexity index is 632. The number of amides is 2. The molecule has 1 aliphatic rings. The third-order valence-corrected chi connectivity index (χ3v) is 4.21. The van der Waals surface area contributed by atoms with Crippen LogP contribution in [-0.2, 0) is 25.5 Å². The van der Waals surface area contributed by atoms with Crippen LogP contribution in [0.2, 0.25) is 0 Å². The Morgan fingerprint density at radius 1 is 1.12 bits per heavy atom. The minimum Gasteiger partial charge on any atom is -0.479 e. The maximum atomic E-state index is 12.5. The number of hydrogen-bond acceptors (Lipinski definition) is 4. The average Bonchev–Trinajstić information content (AvgIpc) is 3.40. The first-order valence-corrected chi connectivity index (χ1v) is 8.88. The Labute approximate surface area is 153 Å². The van der Waals surface area contributed by atoms with Gasteiger partial charge in [-0.25, -0.2) is 4.79 Å². The van der Waals surface area contributed by atoms with Gasteiger partial charge >= 0.3 is 5.97 Å². The van der Waals surface area contributed by atoms with E-state index in [1.807, 2.05) is 30.3 Å². The fourth-order valence-electron chi connectivity index (χ4n) is 2.59. The molecule has 0 saturated carbocycles. The number of carboxylic acids is 1. The third-order valence-electron chi connectivity index (χ3n) is 4.21. The van der Waals surface area contributed by atoms with Crippen molar-refractivity contribution in [2.75, 3.05) is 6.54 Å². The summed E-state index contributed by atoms with van der Waals surface area (Å²) in [5, 5.41) is 14.3. The predicted molar refractivity (Wildman–Crippen MR) is 95.5 cm³/mol. The van der Waals surface area contributed by atoms with Crippen molar-refractivity contribution in [1.29, 1.82) is 0 Å². The molecule has 3 atom stereocenters. The van der Waals surface area contributed by atoms with Gasteiger partial charge in [-0.05, 0) is 30.7 Å². The minimum absolute atomic E-state index is 0.262. The highest BCUT2D eigenvalue weighted by Gasteiger charge is 2.51. The van der Waals surface area contributed by atoms with E-state index in [2.05, 4.69) is 24.5 Å². The van der Waals surface area contributed by atoms with Crippen LogP contribution < -0.4 is 10.6 Å². The zero-order valence-corrected chi connectivity index (χ0v) is 15.1. The lowest BCUT2D eigenvalue weighted by Crippen LogP contribution is -2.49. The van der Waals surface area contributed by atoms with Crippen molar-refractivity contribution in [3.63, 3.8) is 0 Å². The Hall–Kier alpha value is -2.41. The Balaban J connectivity index is 1.92. The summed E-state index contributed by atoms with van der Waals surface area (Å²) < 4.78 is 4.85. The lowest BCUT2D eigenvalue weighted by atomic mass is 10.0. The number of carbonyl (C=O) groups is 3.